The molecule has 4 rings (SSSR count). The molecule has 0 fully saturated rings. The van der Waals surface area contributed by atoms with E-state index < -0.39 is 0 Å². The van der Waals surface area contributed by atoms with Crippen LogP contribution in [0.5, 0.6) is 11.5 Å². The van der Waals surface area contributed by atoms with Gasteiger partial charge in [0, 0.05) is 12.8 Å². The molecule has 0 amide bonds. The van der Waals surface area contributed by atoms with E-state index in [1.807, 2.05) is 36.4 Å². The Kier molecular flexibility index (Phi) is 6.88. The van der Waals surface area contributed by atoms with E-state index in [0.29, 0.717) is 19.4 Å². The Hall–Kier alpha value is -3.27. The van der Waals surface area contributed by atoms with Gasteiger partial charge in [-0.2, -0.15) is 0 Å². The highest BCUT2D eigenvalue weighted by molar-refractivity contribution is 5.69. The summed E-state index contributed by atoms with van der Waals surface area (Å²) in [5.41, 5.74) is 4.93. The molecule has 1 aliphatic carbocycles. The summed E-state index contributed by atoms with van der Waals surface area (Å²) in [7, 11) is 1.42. The van der Waals surface area contributed by atoms with Gasteiger partial charge < -0.3 is 14.2 Å². The number of hydrogen-bond acceptors (Lipinski definition) is 4. The normalized spacial score (nSPS) is 14.7. The lowest BCUT2D eigenvalue weighted by Crippen LogP contribution is -2.05. The van der Waals surface area contributed by atoms with Crippen LogP contribution in [0.25, 0.3) is 0 Å². The minimum absolute atomic E-state index is 0.0642. The second-order valence-electron chi connectivity index (χ2n) is 7.81. The van der Waals surface area contributed by atoms with E-state index in [-0.39, 0.29) is 12.1 Å². The van der Waals surface area contributed by atoms with Gasteiger partial charge >= 0.3 is 5.97 Å². The van der Waals surface area contributed by atoms with Crippen molar-refractivity contribution >= 4 is 5.97 Å². The Labute approximate surface area is 183 Å². The van der Waals surface area contributed by atoms with Crippen LogP contribution in [-0.4, -0.2) is 19.7 Å². The van der Waals surface area contributed by atoms with Crippen molar-refractivity contribution in [2.75, 3.05) is 13.7 Å². The van der Waals surface area contributed by atoms with Crippen LogP contribution >= 0.6 is 0 Å². The third kappa shape index (κ3) is 5.66. The number of rotatable bonds is 9. The van der Waals surface area contributed by atoms with Gasteiger partial charge in [0.05, 0.1) is 13.7 Å². The van der Waals surface area contributed by atoms with Gasteiger partial charge in [-0.25, -0.2) is 0 Å². The van der Waals surface area contributed by atoms with E-state index in [0.717, 1.165) is 36.3 Å². The van der Waals surface area contributed by atoms with Gasteiger partial charge in [-0.15, -0.1) is 0 Å². The van der Waals surface area contributed by atoms with E-state index in [1.165, 1.54) is 23.8 Å². The fraction of sp³-hybridized carbons (Fsp3) is 0.296. The summed E-state index contributed by atoms with van der Waals surface area (Å²) >= 11 is 0. The van der Waals surface area contributed by atoms with E-state index in [1.54, 1.807) is 0 Å². The molecule has 0 spiro atoms. The average Bonchev–Trinajstić information content (AvgIpc) is 3.21. The van der Waals surface area contributed by atoms with Crippen LogP contribution in [-0.2, 0) is 28.8 Å². The molecule has 0 bridgehead atoms. The highest BCUT2D eigenvalue weighted by atomic mass is 16.5. The highest BCUT2D eigenvalue weighted by Crippen LogP contribution is 2.37. The van der Waals surface area contributed by atoms with E-state index >= 15 is 0 Å². The third-order valence-corrected chi connectivity index (χ3v) is 5.69. The first kappa shape index (κ1) is 21.0. The second kappa shape index (κ2) is 10.2. The van der Waals surface area contributed by atoms with Crippen LogP contribution in [0.3, 0.4) is 0 Å². The van der Waals surface area contributed by atoms with E-state index in [4.69, 9.17) is 14.2 Å². The highest BCUT2D eigenvalue weighted by Gasteiger charge is 2.24. The molecule has 0 heterocycles. The largest absolute Gasteiger partial charge is 0.493 e. The lowest BCUT2D eigenvalue weighted by Gasteiger charge is -2.16. The van der Waals surface area contributed by atoms with Crippen LogP contribution in [0.1, 0.15) is 41.2 Å². The maximum Gasteiger partial charge on any atom is 0.305 e. The van der Waals surface area contributed by atoms with Crippen molar-refractivity contribution in [3.8, 4) is 11.5 Å². The van der Waals surface area contributed by atoms with Gasteiger partial charge in [0.25, 0.3) is 0 Å². The van der Waals surface area contributed by atoms with Crippen molar-refractivity contribution in [1.29, 1.82) is 0 Å². The molecule has 0 saturated heterocycles. The zero-order chi connectivity index (χ0) is 21.5. The first-order chi connectivity index (χ1) is 15.2. The van der Waals surface area contributed by atoms with Gasteiger partial charge in [-0.3, -0.25) is 4.79 Å². The quantitative estimate of drug-likeness (QED) is 0.433. The van der Waals surface area contributed by atoms with Crippen LogP contribution in [0.2, 0.25) is 0 Å². The summed E-state index contributed by atoms with van der Waals surface area (Å²) in [6.45, 7) is 0.672. The van der Waals surface area contributed by atoms with Crippen LogP contribution < -0.4 is 9.47 Å². The molecule has 31 heavy (non-hydrogen) atoms. The van der Waals surface area contributed by atoms with Crippen molar-refractivity contribution in [2.24, 2.45) is 0 Å². The lowest BCUT2D eigenvalue weighted by molar-refractivity contribution is -0.140. The van der Waals surface area contributed by atoms with E-state index in [2.05, 4.69) is 36.4 Å². The monoisotopic (exact) mass is 416 g/mol. The average molecular weight is 417 g/mol. The number of esters is 1. The van der Waals surface area contributed by atoms with Gasteiger partial charge in [0.1, 0.15) is 17.6 Å². The maximum absolute atomic E-state index is 11.3. The molecule has 1 unspecified atom stereocenters. The first-order valence-corrected chi connectivity index (χ1v) is 10.8. The molecule has 0 saturated carbocycles. The molecule has 3 aromatic rings. The number of carbonyl (C=O) groups excluding carboxylic acids is 1. The molecule has 0 N–H and O–H groups in total. The Morgan fingerprint density at radius 3 is 2.42 bits per heavy atom. The summed E-state index contributed by atoms with van der Waals surface area (Å²) < 4.78 is 16.9. The van der Waals surface area contributed by atoms with Crippen LogP contribution in [0.15, 0.2) is 72.8 Å². The molecule has 4 nitrogen and oxygen atoms in total. The Bertz CT molecular complexity index is 996. The summed E-state index contributed by atoms with van der Waals surface area (Å²) in [6, 6.07) is 24.7. The summed E-state index contributed by atoms with van der Waals surface area (Å²) in [5.74, 6) is 1.58. The molecule has 0 aromatic heterocycles. The minimum atomic E-state index is -0.189. The van der Waals surface area contributed by atoms with Crippen molar-refractivity contribution < 1.29 is 19.0 Å². The van der Waals surface area contributed by atoms with Gasteiger partial charge in [-0.1, -0.05) is 48.5 Å². The number of methoxy groups -OCH3 is 1. The number of benzene rings is 3. The fourth-order valence-corrected chi connectivity index (χ4v) is 3.95. The van der Waals surface area contributed by atoms with Crippen LogP contribution in [0.4, 0.5) is 0 Å². The Balaban J connectivity index is 1.31. The van der Waals surface area contributed by atoms with Gasteiger partial charge in [0.15, 0.2) is 0 Å². The predicted octanol–water partition coefficient (Wildman–Crippen LogP) is 5.48. The number of hydrogen-bond donors (Lipinski definition) is 0. The molecule has 3 aromatic carbocycles. The topological polar surface area (TPSA) is 44.8 Å². The minimum Gasteiger partial charge on any atom is -0.493 e. The third-order valence-electron chi connectivity index (χ3n) is 5.69. The predicted molar refractivity (Wildman–Crippen MR) is 121 cm³/mol. The van der Waals surface area contributed by atoms with Crippen molar-refractivity contribution in [1.82, 2.24) is 0 Å². The molecule has 4 heteroatoms. The Morgan fingerprint density at radius 1 is 0.903 bits per heavy atom. The molecule has 0 aliphatic heterocycles. The van der Waals surface area contributed by atoms with Gasteiger partial charge in [0.2, 0.25) is 0 Å². The maximum atomic E-state index is 11.3. The van der Waals surface area contributed by atoms with Crippen molar-refractivity contribution in [3.63, 3.8) is 0 Å². The number of aryl methyl sites for hydroxylation is 2. The zero-order valence-corrected chi connectivity index (χ0v) is 17.9. The zero-order valence-electron chi connectivity index (χ0n) is 17.9. The molecular formula is C27H28O4. The van der Waals surface area contributed by atoms with Crippen molar-refractivity contribution in [3.05, 3.63) is 95.1 Å². The SMILES string of the molecule is COC(=O)CCc1ccc(OC2CCc3cc(OCCc4ccccc4)ccc32)cc1. The van der Waals surface area contributed by atoms with Gasteiger partial charge in [-0.05, 0) is 65.8 Å². The van der Waals surface area contributed by atoms with E-state index in [9.17, 15) is 4.79 Å². The van der Waals surface area contributed by atoms with Crippen LogP contribution in [0, 0.1) is 0 Å². The smallest absolute Gasteiger partial charge is 0.305 e. The lowest BCUT2D eigenvalue weighted by atomic mass is 10.1. The summed E-state index contributed by atoms with van der Waals surface area (Å²) in [4.78, 5) is 11.3. The van der Waals surface area contributed by atoms with Crippen molar-refractivity contribution in [2.45, 2.75) is 38.2 Å². The Morgan fingerprint density at radius 2 is 1.65 bits per heavy atom. The molecule has 160 valence electrons. The molecule has 1 atom stereocenters. The fourth-order valence-electron chi connectivity index (χ4n) is 3.95. The summed E-state index contributed by atoms with van der Waals surface area (Å²) in [5, 5.41) is 0. The number of carbonyl (C=O) groups is 1. The summed E-state index contributed by atoms with van der Waals surface area (Å²) in [6.07, 6.45) is 3.99. The standard InChI is InChI=1S/C27H28O4/c1-29-27(28)16-9-21-7-11-23(12-8-21)31-26-15-10-22-19-24(13-14-25(22)26)30-18-17-20-5-3-2-4-6-20/h2-8,11-14,19,26H,9-10,15-18H2,1H3. The first-order valence-electron chi connectivity index (χ1n) is 10.8. The molecule has 1 aliphatic rings. The molecular weight excluding hydrogens is 388 g/mol. The second-order valence-corrected chi connectivity index (χ2v) is 7.81. The molecule has 0 radical (unpaired) electrons. The number of ether oxygens (including phenoxy) is 3. The number of fused-ring (bicyclic) bond motifs is 1.